The predicted molar refractivity (Wildman–Crippen MR) is 86.4 cm³/mol. The Labute approximate surface area is 142 Å². The minimum absolute atomic E-state index is 0.00416. The molecule has 0 radical (unpaired) electrons. The molecule has 0 amide bonds. The summed E-state index contributed by atoms with van der Waals surface area (Å²) in [6, 6.07) is 10.1. The molecule has 132 valence electrons. The number of benzene rings is 2. The SMILES string of the molecule is COc1ccc2c(c1)cc(S(=O)(=O)c1ccc(C(F)(F)F)cc1)n2C. The third-order valence-electron chi connectivity index (χ3n) is 3.97. The number of sulfone groups is 1. The second-order valence-corrected chi connectivity index (χ2v) is 7.39. The molecule has 0 spiro atoms. The zero-order valence-corrected chi connectivity index (χ0v) is 14.1. The van der Waals surface area contributed by atoms with Crippen molar-refractivity contribution in [2.45, 2.75) is 16.1 Å². The van der Waals surface area contributed by atoms with E-state index in [1.54, 1.807) is 25.2 Å². The Morgan fingerprint density at radius 1 is 1.00 bits per heavy atom. The van der Waals surface area contributed by atoms with Crippen LogP contribution in [0.4, 0.5) is 13.2 Å². The Bertz CT molecular complexity index is 1040. The van der Waals surface area contributed by atoms with Crippen molar-refractivity contribution in [1.82, 2.24) is 4.57 Å². The molecule has 3 rings (SSSR count). The maximum absolute atomic E-state index is 12.8. The highest BCUT2D eigenvalue weighted by molar-refractivity contribution is 7.91. The zero-order chi connectivity index (χ0) is 18.4. The van der Waals surface area contributed by atoms with Crippen LogP contribution in [0.25, 0.3) is 10.9 Å². The summed E-state index contributed by atoms with van der Waals surface area (Å²) >= 11 is 0. The fraction of sp³-hybridized carbons (Fsp3) is 0.176. The van der Waals surface area contributed by atoms with Crippen LogP contribution in [0, 0.1) is 0 Å². The van der Waals surface area contributed by atoms with Gasteiger partial charge in [-0.15, -0.1) is 0 Å². The van der Waals surface area contributed by atoms with Crippen molar-refractivity contribution in [3.05, 3.63) is 54.1 Å². The lowest BCUT2D eigenvalue weighted by atomic mass is 10.2. The summed E-state index contributed by atoms with van der Waals surface area (Å²) in [6.07, 6.45) is -4.52. The first kappa shape index (κ1) is 17.3. The Kier molecular flexibility index (Phi) is 4.03. The number of aromatic nitrogens is 1. The molecule has 0 unspecified atom stereocenters. The van der Waals surface area contributed by atoms with Crippen LogP contribution in [-0.4, -0.2) is 20.1 Å². The molecule has 0 aliphatic heterocycles. The van der Waals surface area contributed by atoms with Crippen molar-refractivity contribution in [1.29, 1.82) is 0 Å². The summed E-state index contributed by atoms with van der Waals surface area (Å²) in [4.78, 5) is -0.196. The van der Waals surface area contributed by atoms with Crippen LogP contribution in [0.3, 0.4) is 0 Å². The van der Waals surface area contributed by atoms with Crippen molar-refractivity contribution < 1.29 is 26.3 Å². The van der Waals surface area contributed by atoms with E-state index < -0.39 is 21.6 Å². The Balaban J connectivity index is 2.11. The first-order chi connectivity index (χ1) is 11.6. The minimum Gasteiger partial charge on any atom is -0.497 e. The van der Waals surface area contributed by atoms with Crippen molar-refractivity contribution in [3.8, 4) is 5.75 Å². The van der Waals surface area contributed by atoms with Gasteiger partial charge in [0.1, 0.15) is 10.8 Å². The van der Waals surface area contributed by atoms with Gasteiger partial charge in [0, 0.05) is 18.0 Å². The number of ether oxygens (including phenoxy) is 1. The lowest BCUT2D eigenvalue weighted by Crippen LogP contribution is -2.09. The summed E-state index contributed by atoms with van der Waals surface area (Å²) < 4.78 is 70.2. The molecule has 1 aromatic heterocycles. The van der Waals surface area contributed by atoms with Gasteiger partial charge in [-0.1, -0.05) is 0 Å². The largest absolute Gasteiger partial charge is 0.497 e. The highest BCUT2D eigenvalue weighted by Crippen LogP contribution is 2.32. The van der Waals surface area contributed by atoms with Gasteiger partial charge in [0.05, 0.1) is 17.6 Å². The van der Waals surface area contributed by atoms with Gasteiger partial charge in [0.25, 0.3) is 0 Å². The van der Waals surface area contributed by atoms with E-state index in [0.717, 1.165) is 24.3 Å². The van der Waals surface area contributed by atoms with Gasteiger partial charge in [0.15, 0.2) is 0 Å². The van der Waals surface area contributed by atoms with E-state index in [9.17, 15) is 21.6 Å². The molecule has 25 heavy (non-hydrogen) atoms. The smallest absolute Gasteiger partial charge is 0.416 e. The van der Waals surface area contributed by atoms with Gasteiger partial charge in [-0.25, -0.2) is 8.42 Å². The van der Waals surface area contributed by atoms with E-state index in [1.807, 2.05) is 0 Å². The standard InChI is InChI=1S/C17H14F3NO3S/c1-21-15-8-5-13(24-2)9-11(15)10-16(21)25(22,23)14-6-3-12(4-7-14)17(18,19)20/h3-10H,1-2H3. The fourth-order valence-corrected chi connectivity index (χ4v) is 4.11. The van der Waals surface area contributed by atoms with Crippen LogP contribution in [-0.2, 0) is 23.1 Å². The molecule has 2 aromatic carbocycles. The number of hydrogen-bond donors (Lipinski definition) is 0. The monoisotopic (exact) mass is 369 g/mol. The van der Waals surface area contributed by atoms with Crippen molar-refractivity contribution in [2.75, 3.05) is 7.11 Å². The highest BCUT2D eigenvalue weighted by Gasteiger charge is 2.31. The Morgan fingerprint density at radius 2 is 1.64 bits per heavy atom. The number of methoxy groups -OCH3 is 1. The van der Waals surface area contributed by atoms with Gasteiger partial charge >= 0.3 is 6.18 Å². The van der Waals surface area contributed by atoms with E-state index in [-0.39, 0.29) is 9.92 Å². The molecule has 0 saturated carbocycles. The van der Waals surface area contributed by atoms with Gasteiger partial charge in [0.2, 0.25) is 9.84 Å². The third kappa shape index (κ3) is 2.97. The number of fused-ring (bicyclic) bond motifs is 1. The Morgan fingerprint density at radius 3 is 2.20 bits per heavy atom. The maximum atomic E-state index is 12.8. The average Bonchev–Trinajstić information content (AvgIpc) is 2.91. The molecule has 0 aliphatic rings. The molecule has 0 saturated heterocycles. The van der Waals surface area contributed by atoms with E-state index in [4.69, 9.17) is 4.74 Å². The maximum Gasteiger partial charge on any atom is 0.416 e. The number of halogens is 3. The molecule has 0 fully saturated rings. The van der Waals surface area contributed by atoms with Crippen LogP contribution in [0.2, 0.25) is 0 Å². The molecule has 0 bridgehead atoms. The molecule has 0 atom stereocenters. The van der Waals surface area contributed by atoms with Crippen LogP contribution >= 0.6 is 0 Å². The molecule has 4 nitrogen and oxygen atoms in total. The quantitative estimate of drug-likeness (QED) is 0.700. The first-order valence-electron chi connectivity index (χ1n) is 7.20. The molecule has 0 aliphatic carbocycles. The zero-order valence-electron chi connectivity index (χ0n) is 13.3. The van der Waals surface area contributed by atoms with Gasteiger partial charge < -0.3 is 9.30 Å². The van der Waals surface area contributed by atoms with Crippen molar-refractivity contribution in [3.63, 3.8) is 0 Å². The first-order valence-corrected chi connectivity index (χ1v) is 8.69. The van der Waals surface area contributed by atoms with Crippen LogP contribution in [0.1, 0.15) is 5.56 Å². The third-order valence-corrected chi connectivity index (χ3v) is 5.81. The molecule has 0 N–H and O–H groups in total. The number of hydrogen-bond acceptors (Lipinski definition) is 3. The lowest BCUT2D eigenvalue weighted by Gasteiger charge is -2.09. The highest BCUT2D eigenvalue weighted by atomic mass is 32.2. The van der Waals surface area contributed by atoms with Crippen LogP contribution < -0.4 is 4.74 Å². The van der Waals surface area contributed by atoms with Crippen LogP contribution in [0.15, 0.2) is 58.5 Å². The number of aryl methyl sites for hydroxylation is 1. The second kappa shape index (κ2) is 5.80. The fourth-order valence-electron chi connectivity index (χ4n) is 2.63. The summed E-state index contributed by atoms with van der Waals surface area (Å²) in [6.45, 7) is 0. The average molecular weight is 369 g/mol. The molecular weight excluding hydrogens is 355 g/mol. The second-order valence-electron chi connectivity index (χ2n) is 5.49. The van der Waals surface area contributed by atoms with Gasteiger partial charge in [-0.3, -0.25) is 0 Å². The summed E-state index contributed by atoms with van der Waals surface area (Å²) in [7, 11) is -0.866. The summed E-state index contributed by atoms with van der Waals surface area (Å²) in [5, 5.41) is 0.655. The Hall–Kier alpha value is -2.48. The molecule has 3 aromatic rings. The normalized spacial score (nSPS) is 12.5. The minimum atomic E-state index is -4.52. The van der Waals surface area contributed by atoms with Crippen LogP contribution in [0.5, 0.6) is 5.75 Å². The van der Waals surface area contributed by atoms with Crippen molar-refractivity contribution >= 4 is 20.7 Å². The van der Waals surface area contributed by atoms with Crippen molar-refractivity contribution in [2.24, 2.45) is 7.05 Å². The van der Waals surface area contributed by atoms with E-state index in [0.29, 0.717) is 16.7 Å². The number of alkyl halides is 3. The lowest BCUT2D eigenvalue weighted by molar-refractivity contribution is -0.137. The van der Waals surface area contributed by atoms with E-state index >= 15 is 0 Å². The molecular formula is C17H14F3NO3S. The van der Waals surface area contributed by atoms with E-state index in [1.165, 1.54) is 17.7 Å². The number of nitrogens with zero attached hydrogens (tertiary/aromatic N) is 1. The summed E-state index contributed by atoms with van der Waals surface area (Å²) in [5.41, 5.74) is -0.223. The van der Waals surface area contributed by atoms with Gasteiger partial charge in [-0.05, 0) is 48.5 Å². The topological polar surface area (TPSA) is 48.3 Å². The number of rotatable bonds is 3. The molecule has 1 heterocycles. The van der Waals surface area contributed by atoms with E-state index in [2.05, 4.69) is 0 Å². The molecule has 8 heteroatoms. The summed E-state index contributed by atoms with van der Waals surface area (Å²) in [5.74, 6) is 0.580. The van der Waals surface area contributed by atoms with Gasteiger partial charge in [-0.2, -0.15) is 13.2 Å². The predicted octanol–water partition coefficient (Wildman–Crippen LogP) is 4.04.